The molecule has 1 aromatic heterocycles. The number of nitrogens with zero attached hydrogens (tertiary/aromatic N) is 5. The zero-order valence-electron chi connectivity index (χ0n) is 25.6. The Bertz CT molecular complexity index is 1530. The fourth-order valence-electron chi connectivity index (χ4n) is 6.51. The Balaban J connectivity index is 0.936. The summed E-state index contributed by atoms with van der Waals surface area (Å²) in [7, 11) is 0. The van der Waals surface area contributed by atoms with E-state index < -0.39 is 0 Å². The van der Waals surface area contributed by atoms with Gasteiger partial charge in [-0.1, -0.05) is 12.1 Å². The van der Waals surface area contributed by atoms with Crippen LogP contribution in [0, 0.1) is 12.5 Å². The molecule has 3 aliphatic heterocycles. The summed E-state index contributed by atoms with van der Waals surface area (Å²) in [6.45, 7) is 11.6. The van der Waals surface area contributed by atoms with Gasteiger partial charge in [-0.2, -0.15) is 0 Å². The van der Waals surface area contributed by atoms with Crippen LogP contribution >= 0.6 is 0 Å². The summed E-state index contributed by atoms with van der Waals surface area (Å²) < 4.78 is 6.04. The molecule has 45 heavy (non-hydrogen) atoms. The number of hydrogen-bond donors (Lipinski definition) is 0. The molecule has 2 amide bonds. The molecule has 6 rings (SSSR count). The van der Waals surface area contributed by atoms with E-state index in [1.807, 2.05) is 17.0 Å². The van der Waals surface area contributed by atoms with Crippen molar-refractivity contribution < 1.29 is 19.1 Å². The molecule has 0 unspecified atom stereocenters. The van der Waals surface area contributed by atoms with Crippen LogP contribution in [0.15, 0.2) is 66.9 Å². The molecule has 3 saturated heterocycles. The smallest absolute Gasteiger partial charge is 0.272 e. The van der Waals surface area contributed by atoms with Crippen molar-refractivity contribution >= 4 is 29.0 Å². The van der Waals surface area contributed by atoms with Gasteiger partial charge in [-0.25, -0.2) is 4.85 Å². The number of carbonyl (C=O) groups excluding carboxylic acids is 3. The van der Waals surface area contributed by atoms with Crippen LogP contribution < -0.4 is 9.64 Å². The Hall–Kier alpha value is -4.71. The quantitative estimate of drug-likeness (QED) is 0.230. The predicted molar refractivity (Wildman–Crippen MR) is 172 cm³/mol. The first-order valence-electron chi connectivity index (χ1n) is 16.0. The van der Waals surface area contributed by atoms with Gasteiger partial charge in [0.2, 0.25) is 0 Å². The van der Waals surface area contributed by atoms with E-state index in [4.69, 9.17) is 11.3 Å². The van der Waals surface area contributed by atoms with E-state index in [1.165, 1.54) is 24.7 Å². The van der Waals surface area contributed by atoms with Crippen LogP contribution in [0.5, 0.6) is 5.75 Å². The van der Waals surface area contributed by atoms with Gasteiger partial charge in [0, 0.05) is 81.5 Å². The number of amides is 2. The minimum Gasteiger partial charge on any atom is -0.490 e. The minimum atomic E-state index is -0.142. The Morgan fingerprint density at radius 1 is 0.756 bits per heavy atom. The first-order chi connectivity index (χ1) is 22.0. The van der Waals surface area contributed by atoms with Crippen molar-refractivity contribution in [3.05, 3.63) is 95.1 Å². The molecule has 9 nitrogen and oxygen atoms in total. The fraction of sp³-hybridized carbons (Fsp3) is 0.417. The molecule has 3 fully saturated rings. The van der Waals surface area contributed by atoms with Gasteiger partial charge in [-0.05, 0) is 80.1 Å². The third-order valence-corrected chi connectivity index (χ3v) is 9.26. The van der Waals surface area contributed by atoms with E-state index in [0.29, 0.717) is 62.4 Å². The Morgan fingerprint density at radius 2 is 1.38 bits per heavy atom. The van der Waals surface area contributed by atoms with Crippen molar-refractivity contribution in [2.45, 2.75) is 51.0 Å². The number of ether oxygens (including phenoxy) is 1. The summed E-state index contributed by atoms with van der Waals surface area (Å²) in [5.74, 6) is 0.880. The van der Waals surface area contributed by atoms with Gasteiger partial charge in [0.25, 0.3) is 11.8 Å². The lowest BCUT2D eigenvalue weighted by atomic mass is 9.90. The van der Waals surface area contributed by atoms with Crippen LogP contribution in [-0.4, -0.2) is 77.8 Å². The van der Waals surface area contributed by atoms with E-state index in [0.717, 1.165) is 37.2 Å². The van der Waals surface area contributed by atoms with Gasteiger partial charge < -0.3 is 19.4 Å². The number of Topliss-reactive ketones (excluding diaryl/α,β-unsaturated/α-hetero) is 1. The lowest BCUT2D eigenvalue weighted by molar-refractivity contribution is 0.0588. The molecule has 3 aromatic rings. The van der Waals surface area contributed by atoms with Gasteiger partial charge >= 0.3 is 0 Å². The molecular weight excluding hydrogens is 566 g/mol. The molecule has 3 aliphatic rings. The van der Waals surface area contributed by atoms with Crippen molar-refractivity contribution in [1.29, 1.82) is 0 Å². The molecule has 4 heterocycles. The second-order valence-electron chi connectivity index (χ2n) is 12.3. The highest BCUT2D eigenvalue weighted by molar-refractivity contribution is 5.98. The number of rotatable bonds is 8. The van der Waals surface area contributed by atoms with Crippen LogP contribution in [0.2, 0.25) is 0 Å². The molecule has 0 spiro atoms. The Morgan fingerprint density at radius 3 is 2.00 bits per heavy atom. The second-order valence-corrected chi connectivity index (χ2v) is 12.3. The first-order valence-corrected chi connectivity index (χ1v) is 16.0. The average molecular weight is 606 g/mol. The zero-order valence-corrected chi connectivity index (χ0v) is 25.6. The Kier molecular flexibility index (Phi) is 9.39. The van der Waals surface area contributed by atoms with Crippen molar-refractivity contribution in [3.8, 4) is 5.75 Å². The Labute approximate surface area is 264 Å². The topological polar surface area (TPSA) is 87.4 Å². The molecular formula is C36H39N5O4. The van der Waals surface area contributed by atoms with Crippen molar-refractivity contribution in [3.63, 3.8) is 0 Å². The number of anilines is 1. The molecule has 0 atom stereocenters. The number of pyridine rings is 1. The molecule has 232 valence electrons. The largest absolute Gasteiger partial charge is 0.490 e. The number of piperidine rings is 2. The molecule has 0 saturated carbocycles. The van der Waals surface area contributed by atoms with Crippen LogP contribution in [-0.2, 0) is 0 Å². The summed E-state index contributed by atoms with van der Waals surface area (Å²) in [5.41, 5.74) is 3.32. The van der Waals surface area contributed by atoms with Crippen LogP contribution in [0.1, 0.15) is 76.2 Å². The lowest BCUT2D eigenvalue weighted by Gasteiger charge is -2.32. The van der Waals surface area contributed by atoms with Gasteiger partial charge in [0.15, 0.2) is 11.5 Å². The zero-order chi connectivity index (χ0) is 31.2. The van der Waals surface area contributed by atoms with Crippen LogP contribution in [0.4, 0.5) is 11.4 Å². The summed E-state index contributed by atoms with van der Waals surface area (Å²) in [6, 6.07) is 18.4. The molecule has 0 radical (unpaired) electrons. The number of carbonyl (C=O) groups is 3. The van der Waals surface area contributed by atoms with Gasteiger partial charge in [0.05, 0.1) is 6.57 Å². The third kappa shape index (κ3) is 7.34. The normalized spacial score (nSPS) is 17.6. The number of likely N-dealkylation sites (tertiary alicyclic amines) is 2. The summed E-state index contributed by atoms with van der Waals surface area (Å²) in [6.07, 6.45) is 7.39. The van der Waals surface area contributed by atoms with Gasteiger partial charge in [-0.15, -0.1) is 0 Å². The second kappa shape index (κ2) is 13.9. The van der Waals surface area contributed by atoms with Gasteiger partial charge in [0.1, 0.15) is 17.5 Å². The number of benzene rings is 2. The van der Waals surface area contributed by atoms with Crippen molar-refractivity contribution in [2.75, 3.05) is 44.2 Å². The molecule has 2 aromatic carbocycles. The predicted octanol–water partition coefficient (Wildman–Crippen LogP) is 6.04. The van der Waals surface area contributed by atoms with E-state index in [1.54, 1.807) is 41.3 Å². The number of hydrogen-bond acceptors (Lipinski definition) is 6. The molecule has 0 aliphatic carbocycles. The summed E-state index contributed by atoms with van der Waals surface area (Å²) in [5, 5.41) is 0. The molecule has 9 heteroatoms. The number of aromatic nitrogens is 1. The number of ketones is 1. The maximum Gasteiger partial charge on any atom is 0.272 e. The van der Waals surface area contributed by atoms with Gasteiger partial charge in [-0.3, -0.25) is 19.4 Å². The van der Waals surface area contributed by atoms with E-state index in [-0.39, 0.29) is 29.6 Å². The summed E-state index contributed by atoms with van der Waals surface area (Å²) >= 11 is 0. The SMILES string of the molecule is [C-]#[N+]c1ccc(OC2CCN(C(=O)c3ccc(C(=O)CC4CCN(C(=O)c5ccc(N6CCCC6)cc5)CC4)cn3)CC2)cc1. The van der Waals surface area contributed by atoms with E-state index in [2.05, 4.69) is 26.9 Å². The highest BCUT2D eigenvalue weighted by atomic mass is 16.5. The molecule has 0 N–H and O–H groups in total. The van der Waals surface area contributed by atoms with E-state index in [9.17, 15) is 14.4 Å². The highest BCUT2D eigenvalue weighted by Crippen LogP contribution is 2.26. The summed E-state index contributed by atoms with van der Waals surface area (Å²) in [4.78, 5) is 53.0. The lowest BCUT2D eigenvalue weighted by Crippen LogP contribution is -2.42. The maximum absolute atomic E-state index is 13.1. The monoisotopic (exact) mass is 605 g/mol. The van der Waals surface area contributed by atoms with Crippen LogP contribution in [0.25, 0.3) is 4.85 Å². The maximum atomic E-state index is 13.1. The van der Waals surface area contributed by atoms with Crippen molar-refractivity contribution in [1.82, 2.24) is 14.8 Å². The minimum absolute atomic E-state index is 0.0111. The van der Waals surface area contributed by atoms with Crippen molar-refractivity contribution in [2.24, 2.45) is 5.92 Å². The standard InChI is InChI=1S/C36H39N5O4/c1-37-29-7-11-31(12-8-29)45-32-16-22-41(23-17-32)36(44)33-13-6-28(25-38-33)34(42)24-26-14-20-40(21-15-26)35(43)27-4-9-30(10-5-27)39-18-2-3-19-39/h4-13,25-26,32H,2-3,14-24H2. The first kappa shape index (κ1) is 30.3. The fourth-order valence-corrected chi connectivity index (χ4v) is 6.51. The third-order valence-electron chi connectivity index (χ3n) is 9.26. The van der Waals surface area contributed by atoms with Crippen LogP contribution in [0.3, 0.4) is 0 Å². The average Bonchev–Trinajstić information content (AvgIpc) is 3.64. The molecule has 0 bridgehead atoms. The highest BCUT2D eigenvalue weighted by Gasteiger charge is 2.28. The van der Waals surface area contributed by atoms with E-state index >= 15 is 0 Å².